The van der Waals surface area contributed by atoms with E-state index in [1.54, 1.807) is 0 Å². The minimum Gasteiger partial charge on any atom is -0.394 e. The number of carbonyl (C=O) groups excluding carboxylic acids is 1. The molecule has 142 valence electrons. The van der Waals surface area contributed by atoms with Crippen molar-refractivity contribution in [2.45, 2.75) is 58.0 Å². The van der Waals surface area contributed by atoms with Gasteiger partial charge in [-0.05, 0) is 18.3 Å². The molecule has 0 rings (SSSR count). The second kappa shape index (κ2) is 11.3. The number of nitrogens with zero attached hydrogens (tertiary/aromatic N) is 1. The number of hydrogen-bond acceptors (Lipinski definition) is 8. The molecule has 0 aliphatic carbocycles. The number of aliphatic hydroxyl groups excluding tert-OH is 5. The van der Waals surface area contributed by atoms with Crippen molar-refractivity contribution in [3.63, 3.8) is 0 Å². The first-order valence-electron chi connectivity index (χ1n) is 7.83. The molecule has 0 aromatic heterocycles. The van der Waals surface area contributed by atoms with Gasteiger partial charge in [0.25, 0.3) is 5.91 Å². The second-order valence-electron chi connectivity index (χ2n) is 6.76. The van der Waals surface area contributed by atoms with Gasteiger partial charge in [0.1, 0.15) is 24.4 Å². The maximum absolute atomic E-state index is 11.5. The molecule has 0 aromatic rings. The second-order valence-corrected chi connectivity index (χ2v) is 6.76. The third kappa shape index (κ3) is 10.5. The van der Waals surface area contributed by atoms with Crippen molar-refractivity contribution in [1.82, 2.24) is 5.32 Å². The smallest absolute Gasteiger partial charge is 0.260 e. The molecule has 9 heteroatoms. The van der Waals surface area contributed by atoms with Crippen LogP contribution in [-0.4, -0.2) is 81.8 Å². The molecule has 0 saturated carbocycles. The molecule has 0 aliphatic rings. The number of nitrogens with one attached hydrogen (secondary N) is 1. The molecule has 1 amide bonds. The van der Waals surface area contributed by atoms with Crippen molar-refractivity contribution >= 4 is 12.1 Å². The highest BCUT2D eigenvalue weighted by Crippen LogP contribution is 2.19. The molecule has 4 atom stereocenters. The highest BCUT2D eigenvalue weighted by atomic mass is 16.6. The molecule has 0 aromatic carbocycles. The number of oxime groups is 1. The van der Waals surface area contributed by atoms with Crippen molar-refractivity contribution in [2.24, 2.45) is 10.6 Å². The van der Waals surface area contributed by atoms with Gasteiger partial charge in [0.05, 0.1) is 12.8 Å². The van der Waals surface area contributed by atoms with E-state index in [1.165, 1.54) is 0 Å². The van der Waals surface area contributed by atoms with Gasteiger partial charge in [0, 0.05) is 6.54 Å². The largest absolute Gasteiger partial charge is 0.394 e. The maximum atomic E-state index is 11.5. The van der Waals surface area contributed by atoms with Crippen LogP contribution < -0.4 is 5.32 Å². The standard InChI is InChI=1S/C15H30N2O7/c1-15(2,3)5-4-6-16-12(21)9-24-17-7-10(19)13(22)14(23)11(20)8-18/h7,10-11,13-14,18-20,22-23H,4-6,8-9H2,1-3H3,(H,16,21)/b17-7+/t10-,11?,13-,14-/m1/s1. The fourth-order valence-electron chi connectivity index (χ4n) is 1.72. The summed E-state index contributed by atoms with van der Waals surface area (Å²) in [6, 6.07) is 0. The van der Waals surface area contributed by atoms with Crippen LogP contribution >= 0.6 is 0 Å². The lowest BCUT2D eigenvalue weighted by atomic mass is 9.91. The van der Waals surface area contributed by atoms with Crippen LogP contribution in [-0.2, 0) is 9.63 Å². The van der Waals surface area contributed by atoms with Gasteiger partial charge in [-0.3, -0.25) is 4.79 Å². The fourth-order valence-corrected chi connectivity index (χ4v) is 1.72. The fraction of sp³-hybridized carbons (Fsp3) is 0.867. The van der Waals surface area contributed by atoms with Gasteiger partial charge in [0.15, 0.2) is 6.61 Å². The van der Waals surface area contributed by atoms with E-state index in [9.17, 15) is 20.1 Å². The molecular formula is C15H30N2O7. The van der Waals surface area contributed by atoms with Gasteiger partial charge in [-0.25, -0.2) is 0 Å². The average Bonchev–Trinajstić information content (AvgIpc) is 2.52. The molecule has 0 heterocycles. The Bertz CT molecular complexity index is 385. The molecule has 24 heavy (non-hydrogen) atoms. The molecular weight excluding hydrogens is 320 g/mol. The minimum atomic E-state index is -1.76. The van der Waals surface area contributed by atoms with Gasteiger partial charge in [-0.15, -0.1) is 0 Å². The number of amides is 1. The number of hydrogen-bond donors (Lipinski definition) is 6. The summed E-state index contributed by atoms with van der Waals surface area (Å²) in [6.45, 7) is 5.75. The minimum absolute atomic E-state index is 0.205. The topological polar surface area (TPSA) is 152 Å². The summed E-state index contributed by atoms with van der Waals surface area (Å²) in [4.78, 5) is 16.1. The lowest BCUT2D eigenvalue weighted by molar-refractivity contribution is -0.125. The Morgan fingerprint density at radius 2 is 1.83 bits per heavy atom. The predicted molar refractivity (Wildman–Crippen MR) is 87.3 cm³/mol. The Balaban J connectivity index is 3.96. The van der Waals surface area contributed by atoms with Crippen LogP contribution in [0.25, 0.3) is 0 Å². The monoisotopic (exact) mass is 350 g/mol. The van der Waals surface area contributed by atoms with Crippen molar-refractivity contribution in [2.75, 3.05) is 19.8 Å². The van der Waals surface area contributed by atoms with E-state index in [0.717, 1.165) is 19.1 Å². The van der Waals surface area contributed by atoms with Crippen LogP contribution in [0, 0.1) is 5.41 Å². The Labute approximate surface area is 141 Å². The van der Waals surface area contributed by atoms with E-state index in [4.69, 9.17) is 10.2 Å². The van der Waals surface area contributed by atoms with E-state index in [0.29, 0.717) is 6.54 Å². The van der Waals surface area contributed by atoms with E-state index < -0.39 is 31.0 Å². The third-order valence-electron chi connectivity index (χ3n) is 3.19. The Morgan fingerprint density at radius 1 is 1.21 bits per heavy atom. The summed E-state index contributed by atoms with van der Waals surface area (Å²) in [5.41, 5.74) is 0.205. The summed E-state index contributed by atoms with van der Waals surface area (Å²) in [6.07, 6.45) is -4.13. The van der Waals surface area contributed by atoms with Gasteiger partial charge in [-0.2, -0.15) is 0 Å². The zero-order valence-corrected chi connectivity index (χ0v) is 14.4. The summed E-state index contributed by atoms with van der Waals surface area (Å²) in [5, 5.41) is 52.2. The van der Waals surface area contributed by atoms with E-state index in [1.807, 2.05) is 0 Å². The van der Waals surface area contributed by atoms with Crippen LogP contribution in [0.15, 0.2) is 5.16 Å². The third-order valence-corrected chi connectivity index (χ3v) is 3.19. The van der Waals surface area contributed by atoms with Crippen molar-refractivity contribution in [3.8, 4) is 0 Å². The summed E-state index contributed by atoms with van der Waals surface area (Å²) in [7, 11) is 0. The summed E-state index contributed by atoms with van der Waals surface area (Å²) in [5.74, 6) is -0.369. The SMILES string of the molecule is CC(C)(C)CCCNC(=O)CO/N=C/[C@@H](O)[C@@H](O)[C@H](O)C(O)CO. The average molecular weight is 350 g/mol. The number of carbonyl (C=O) groups is 1. The van der Waals surface area contributed by atoms with Gasteiger partial charge in [0.2, 0.25) is 0 Å². The predicted octanol–water partition coefficient (Wildman–Crippen LogP) is -1.63. The van der Waals surface area contributed by atoms with Crippen LogP contribution in [0.1, 0.15) is 33.6 Å². The molecule has 1 unspecified atom stereocenters. The highest BCUT2D eigenvalue weighted by Gasteiger charge is 2.29. The summed E-state index contributed by atoms with van der Waals surface area (Å²) < 4.78 is 0. The lowest BCUT2D eigenvalue weighted by Crippen LogP contribution is -2.46. The van der Waals surface area contributed by atoms with Crippen LogP contribution in [0.2, 0.25) is 0 Å². The Hall–Kier alpha value is -1.26. The quantitative estimate of drug-likeness (QED) is 0.149. The highest BCUT2D eigenvalue weighted by molar-refractivity contribution is 5.77. The molecule has 0 fully saturated rings. The molecule has 0 radical (unpaired) electrons. The first kappa shape index (κ1) is 22.7. The zero-order chi connectivity index (χ0) is 18.8. The van der Waals surface area contributed by atoms with Crippen molar-refractivity contribution < 1.29 is 35.2 Å². The van der Waals surface area contributed by atoms with Crippen LogP contribution in [0.3, 0.4) is 0 Å². The molecule has 0 saturated heterocycles. The molecule has 9 nitrogen and oxygen atoms in total. The van der Waals surface area contributed by atoms with Crippen molar-refractivity contribution in [3.05, 3.63) is 0 Å². The number of aliphatic hydroxyl groups is 5. The summed E-state index contributed by atoms with van der Waals surface area (Å²) >= 11 is 0. The van der Waals surface area contributed by atoms with Crippen molar-refractivity contribution in [1.29, 1.82) is 0 Å². The molecule has 0 spiro atoms. The van der Waals surface area contributed by atoms with Crippen LogP contribution in [0.5, 0.6) is 0 Å². The maximum Gasteiger partial charge on any atom is 0.260 e. The van der Waals surface area contributed by atoms with Gasteiger partial charge < -0.3 is 35.7 Å². The first-order valence-corrected chi connectivity index (χ1v) is 7.83. The normalized spacial score (nSPS) is 17.3. The number of rotatable bonds is 11. The lowest BCUT2D eigenvalue weighted by Gasteiger charge is -2.23. The van der Waals surface area contributed by atoms with Gasteiger partial charge >= 0.3 is 0 Å². The molecule has 6 N–H and O–H groups in total. The Morgan fingerprint density at radius 3 is 2.38 bits per heavy atom. The van der Waals surface area contributed by atoms with Gasteiger partial charge in [-0.1, -0.05) is 25.9 Å². The molecule has 0 bridgehead atoms. The van der Waals surface area contributed by atoms with E-state index >= 15 is 0 Å². The molecule has 0 aliphatic heterocycles. The first-order chi connectivity index (χ1) is 11.1. The Kier molecular flexibility index (Phi) is 10.7. The van der Waals surface area contributed by atoms with E-state index in [-0.39, 0.29) is 17.9 Å². The zero-order valence-electron chi connectivity index (χ0n) is 14.4. The van der Waals surface area contributed by atoms with Crippen LogP contribution in [0.4, 0.5) is 0 Å². The van der Waals surface area contributed by atoms with E-state index in [2.05, 4.69) is 36.1 Å².